The third-order valence-corrected chi connectivity index (χ3v) is 7.40. The van der Waals surface area contributed by atoms with Crippen molar-refractivity contribution in [1.82, 2.24) is 0 Å². The van der Waals surface area contributed by atoms with E-state index >= 15 is 0 Å². The summed E-state index contributed by atoms with van der Waals surface area (Å²) < 4.78 is 0. The second-order valence-electron chi connectivity index (χ2n) is 14.0. The highest BCUT2D eigenvalue weighted by atomic mass is 16.4. The van der Waals surface area contributed by atoms with Gasteiger partial charge in [-0.2, -0.15) is 0 Å². The lowest BCUT2D eigenvalue weighted by Gasteiger charge is -2.14. The molecule has 0 aliphatic carbocycles. The molecule has 0 aliphatic heterocycles. The molecule has 6 atom stereocenters. The zero-order valence-corrected chi connectivity index (χ0v) is 36.8. The predicted molar refractivity (Wildman–Crippen MR) is 239 cm³/mol. The Labute approximate surface area is 350 Å². The molecular formula is C38H94N12O8. The van der Waals surface area contributed by atoms with E-state index in [4.69, 9.17) is 108 Å². The molecule has 0 saturated heterocycles. The van der Waals surface area contributed by atoms with E-state index in [0.29, 0.717) is 0 Å². The minimum atomic E-state index is -0.833. The van der Waals surface area contributed by atoms with E-state index in [0.717, 1.165) is 183 Å². The molecular weight excluding hydrogens is 752 g/mol. The Kier molecular flexibility index (Phi) is 70.9. The van der Waals surface area contributed by atoms with Crippen LogP contribution in [0.15, 0.2) is 0 Å². The molecule has 0 saturated carbocycles. The van der Waals surface area contributed by atoms with Gasteiger partial charge >= 0.3 is 0 Å². The van der Waals surface area contributed by atoms with Crippen LogP contribution >= 0.6 is 0 Å². The summed E-state index contributed by atoms with van der Waals surface area (Å²) in [6, 6.07) is 1.60. The second-order valence-corrected chi connectivity index (χ2v) is 14.0. The third-order valence-electron chi connectivity index (χ3n) is 7.40. The molecule has 0 aromatic carbocycles. The lowest BCUT2D eigenvalue weighted by Crippen LogP contribution is -2.27. The number of nitrogens with two attached hydrogens (primary N) is 12. The van der Waals surface area contributed by atoms with E-state index in [9.17, 15) is 0 Å². The van der Waals surface area contributed by atoms with Gasteiger partial charge in [-0.3, -0.25) is 19.2 Å². The number of rotatable bonds is 27. The first kappa shape index (κ1) is 70.0. The molecule has 354 valence electrons. The minimum absolute atomic E-state index is 0.266. The summed E-state index contributed by atoms with van der Waals surface area (Å²) >= 11 is 0. The van der Waals surface area contributed by atoms with Crippen molar-refractivity contribution >= 4 is 23.9 Å². The standard InChI is InChI=1S/3C10H26N4.4C2H4O2/c3*11-7-1-3-9(13)5-6-10(14)4-2-8-12;4*1-2(3)4/h3*9-10H,1-8,11-14H2;4*1H3,(H,3,4). The maximum atomic E-state index is 9.00. The van der Waals surface area contributed by atoms with Crippen LogP contribution in [0.2, 0.25) is 0 Å². The van der Waals surface area contributed by atoms with Gasteiger partial charge in [0.1, 0.15) is 0 Å². The van der Waals surface area contributed by atoms with Crippen LogP contribution in [0.25, 0.3) is 0 Å². The van der Waals surface area contributed by atoms with Gasteiger partial charge in [0.05, 0.1) is 0 Å². The Morgan fingerprint density at radius 2 is 0.379 bits per heavy atom. The first-order chi connectivity index (χ1) is 27.0. The molecule has 0 radical (unpaired) electrons. The van der Waals surface area contributed by atoms with Crippen molar-refractivity contribution in [2.75, 3.05) is 39.3 Å². The van der Waals surface area contributed by atoms with Crippen molar-refractivity contribution in [3.8, 4) is 0 Å². The zero-order chi connectivity index (χ0) is 46.7. The largest absolute Gasteiger partial charge is 0.481 e. The molecule has 0 rings (SSSR count). The number of carbonyl (C=O) groups is 4. The van der Waals surface area contributed by atoms with Crippen LogP contribution < -0.4 is 68.8 Å². The number of hydrogen-bond acceptors (Lipinski definition) is 16. The molecule has 0 bridgehead atoms. The summed E-state index contributed by atoms with van der Waals surface area (Å²) in [5, 5.41) is 29.7. The maximum absolute atomic E-state index is 9.00. The van der Waals surface area contributed by atoms with Gasteiger partial charge in [0.2, 0.25) is 0 Å². The van der Waals surface area contributed by atoms with E-state index in [1.165, 1.54) is 0 Å². The number of aliphatic carboxylic acids is 4. The number of carboxylic acid groups (broad SMARTS) is 4. The van der Waals surface area contributed by atoms with E-state index in [2.05, 4.69) is 0 Å². The van der Waals surface area contributed by atoms with Crippen LogP contribution in [-0.2, 0) is 19.2 Å². The molecule has 20 heteroatoms. The molecule has 28 N–H and O–H groups in total. The lowest BCUT2D eigenvalue weighted by molar-refractivity contribution is -0.135. The molecule has 0 amide bonds. The van der Waals surface area contributed by atoms with Gasteiger partial charge in [-0.15, -0.1) is 0 Å². The molecule has 58 heavy (non-hydrogen) atoms. The van der Waals surface area contributed by atoms with E-state index in [1.807, 2.05) is 0 Å². The summed E-state index contributed by atoms with van der Waals surface area (Å²) in [6.07, 6.45) is 18.2. The summed E-state index contributed by atoms with van der Waals surface area (Å²) in [6.45, 7) is 8.71. The molecule has 0 heterocycles. The monoisotopic (exact) mass is 847 g/mol. The quantitative estimate of drug-likeness (QED) is 0.0519. The fourth-order valence-corrected chi connectivity index (χ4v) is 4.43. The van der Waals surface area contributed by atoms with Crippen molar-refractivity contribution in [1.29, 1.82) is 0 Å². The van der Waals surface area contributed by atoms with Crippen LogP contribution in [-0.4, -0.2) is 120 Å². The van der Waals surface area contributed by atoms with Crippen molar-refractivity contribution < 1.29 is 39.6 Å². The highest BCUT2D eigenvalue weighted by Gasteiger charge is 2.08. The minimum Gasteiger partial charge on any atom is -0.481 e. The normalized spacial score (nSPS) is 12.9. The van der Waals surface area contributed by atoms with Gasteiger partial charge in [-0.05, 0) is 155 Å². The van der Waals surface area contributed by atoms with Crippen LogP contribution in [0, 0.1) is 0 Å². The third kappa shape index (κ3) is 111. The van der Waals surface area contributed by atoms with Gasteiger partial charge in [-0.1, -0.05) is 0 Å². The Morgan fingerprint density at radius 3 is 0.448 bits per heavy atom. The molecule has 0 fully saturated rings. The summed E-state index contributed by atoms with van der Waals surface area (Å²) in [5.41, 5.74) is 67.8. The smallest absolute Gasteiger partial charge is 0.300 e. The highest BCUT2D eigenvalue weighted by Crippen LogP contribution is 2.08. The zero-order valence-electron chi connectivity index (χ0n) is 36.8. The first-order valence-electron chi connectivity index (χ1n) is 20.6. The molecule has 6 unspecified atom stereocenters. The topological polar surface area (TPSA) is 461 Å². The summed E-state index contributed by atoms with van der Waals surface area (Å²) in [7, 11) is 0. The Hall–Kier alpha value is -2.60. The molecule has 0 spiro atoms. The fourth-order valence-electron chi connectivity index (χ4n) is 4.43. The van der Waals surface area contributed by atoms with Gasteiger partial charge in [0.25, 0.3) is 23.9 Å². The lowest BCUT2D eigenvalue weighted by atomic mass is 10.0. The predicted octanol–water partition coefficient (Wildman–Crippen LogP) is 0.0606. The van der Waals surface area contributed by atoms with E-state index in [-0.39, 0.29) is 36.3 Å². The molecule has 0 aliphatic rings. The average Bonchev–Trinajstić information content (AvgIpc) is 3.12. The van der Waals surface area contributed by atoms with E-state index < -0.39 is 23.9 Å². The van der Waals surface area contributed by atoms with Gasteiger partial charge in [0, 0.05) is 63.9 Å². The maximum Gasteiger partial charge on any atom is 0.300 e. The van der Waals surface area contributed by atoms with Crippen molar-refractivity contribution in [2.24, 2.45) is 68.8 Å². The first-order valence-corrected chi connectivity index (χ1v) is 20.6. The summed E-state index contributed by atoms with van der Waals surface area (Å²) in [4.78, 5) is 36.0. The number of hydrogen-bond donors (Lipinski definition) is 16. The molecule has 0 aromatic rings. The average molecular weight is 847 g/mol. The van der Waals surface area contributed by atoms with E-state index in [1.54, 1.807) is 0 Å². The Balaban J connectivity index is -0.000000113. The summed E-state index contributed by atoms with van der Waals surface area (Å²) in [5.74, 6) is -3.33. The van der Waals surface area contributed by atoms with Gasteiger partial charge in [-0.25, -0.2) is 0 Å². The molecule has 20 nitrogen and oxygen atoms in total. The van der Waals surface area contributed by atoms with Crippen molar-refractivity contribution in [2.45, 2.75) is 180 Å². The van der Waals surface area contributed by atoms with Gasteiger partial charge < -0.3 is 89.2 Å². The van der Waals surface area contributed by atoms with Crippen LogP contribution in [0.5, 0.6) is 0 Å². The van der Waals surface area contributed by atoms with Crippen LogP contribution in [0.4, 0.5) is 0 Å². The SMILES string of the molecule is CC(=O)O.CC(=O)O.CC(=O)O.CC(=O)O.NCCCC(N)CCC(N)CCCN.NCCCC(N)CCC(N)CCCN.NCCCC(N)CCC(N)CCCN. The van der Waals surface area contributed by atoms with Gasteiger partial charge in [0.15, 0.2) is 0 Å². The van der Waals surface area contributed by atoms with Crippen molar-refractivity contribution in [3.05, 3.63) is 0 Å². The van der Waals surface area contributed by atoms with Crippen LogP contribution in [0.3, 0.4) is 0 Å². The van der Waals surface area contributed by atoms with Crippen LogP contribution in [0.1, 0.15) is 143 Å². The second kappa shape index (κ2) is 58.7. The highest BCUT2D eigenvalue weighted by molar-refractivity contribution is 5.63. The van der Waals surface area contributed by atoms with Crippen molar-refractivity contribution in [3.63, 3.8) is 0 Å². The Morgan fingerprint density at radius 1 is 0.293 bits per heavy atom. The molecule has 0 aromatic heterocycles. The Bertz CT molecular complexity index is 683. The fraction of sp³-hybridized carbons (Fsp3) is 0.895. The number of carboxylic acids is 4.